The molecule has 3 atom stereocenters. The maximum Gasteiger partial charge on any atom is 0.134 e. The highest BCUT2D eigenvalue weighted by Gasteiger charge is 2.32. The summed E-state index contributed by atoms with van der Waals surface area (Å²) in [5, 5.41) is 9.65. The Kier molecular flexibility index (Phi) is 2.88. The predicted octanol–water partition coefficient (Wildman–Crippen LogP) is 0.811. The van der Waals surface area contributed by atoms with Gasteiger partial charge in [0.1, 0.15) is 5.78 Å². The molecule has 3 heteroatoms. The number of hydrogen-bond donors (Lipinski definition) is 1. The molecule has 0 spiro atoms. The molecule has 1 heterocycles. The van der Waals surface area contributed by atoms with E-state index in [-0.39, 0.29) is 6.10 Å². The zero-order chi connectivity index (χ0) is 10.1. The lowest BCUT2D eigenvalue weighted by Crippen LogP contribution is -2.46. The number of Topliss-reactive ketones (excluding diaryl/α,β-unsaturated/α-hetero) is 1. The Balaban J connectivity index is 1.93. The first-order valence-corrected chi connectivity index (χ1v) is 5.59. The lowest BCUT2D eigenvalue weighted by Gasteiger charge is -2.37. The van der Waals surface area contributed by atoms with E-state index in [0.29, 0.717) is 24.2 Å². The molecule has 80 valence electrons. The normalized spacial score (nSPS) is 40.4. The van der Waals surface area contributed by atoms with Gasteiger partial charge in [-0.05, 0) is 18.8 Å². The third-order valence-electron chi connectivity index (χ3n) is 3.40. The number of hydrogen-bond acceptors (Lipinski definition) is 3. The van der Waals surface area contributed by atoms with E-state index in [4.69, 9.17) is 0 Å². The number of likely N-dealkylation sites (tertiary alicyclic amines) is 1. The smallest absolute Gasteiger partial charge is 0.134 e. The number of aliphatic hydroxyl groups excluding tert-OH is 1. The average Bonchev–Trinajstić information content (AvgIpc) is 2.50. The number of rotatable bonds is 1. The molecule has 1 aliphatic heterocycles. The Bertz CT molecular complexity index is 219. The Morgan fingerprint density at radius 2 is 2.21 bits per heavy atom. The Hall–Kier alpha value is -0.410. The monoisotopic (exact) mass is 197 g/mol. The molecule has 0 aromatic carbocycles. The quantitative estimate of drug-likeness (QED) is 0.676. The van der Waals surface area contributed by atoms with Gasteiger partial charge in [-0.15, -0.1) is 0 Å². The minimum atomic E-state index is -0.186. The van der Waals surface area contributed by atoms with E-state index in [1.54, 1.807) is 0 Å². The zero-order valence-electron chi connectivity index (χ0n) is 8.78. The fourth-order valence-corrected chi connectivity index (χ4v) is 2.76. The topological polar surface area (TPSA) is 40.5 Å². The zero-order valence-corrected chi connectivity index (χ0v) is 8.78. The Morgan fingerprint density at radius 3 is 2.79 bits per heavy atom. The second kappa shape index (κ2) is 3.99. The minimum absolute atomic E-state index is 0.186. The van der Waals surface area contributed by atoms with Crippen LogP contribution in [0.4, 0.5) is 0 Å². The van der Waals surface area contributed by atoms with E-state index in [0.717, 1.165) is 32.4 Å². The van der Waals surface area contributed by atoms with Crippen molar-refractivity contribution in [1.29, 1.82) is 0 Å². The van der Waals surface area contributed by atoms with Crippen molar-refractivity contribution in [3.63, 3.8) is 0 Å². The van der Waals surface area contributed by atoms with Crippen LogP contribution in [0.15, 0.2) is 0 Å². The van der Waals surface area contributed by atoms with E-state index in [1.165, 1.54) is 0 Å². The third kappa shape index (κ3) is 2.15. The summed E-state index contributed by atoms with van der Waals surface area (Å²) < 4.78 is 0. The van der Waals surface area contributed by atoms with Gasteiger partial charge >= 0.3 is 0 Å². The van der Waals surface area contributed by atoms with Gasteiger partial charge in [-0.3, -0.25) is 9.69 Å². The second-order valence-corrected chi connectivity index (χ2v) is 4.88. The van der Waals surface area contributed by atoms with Crippen molar-refractivity contribution >= 4 is 5.78 Å². The highest BCUT2D eigenvalue weighted by molar-refractivity contribution is 5.81. The van der Waals surface area contributed by atoms with Crippen LogP contribution in [-0.2, 0) is 4.79 Å². The highest BCUT2D eigenvalue weighted by Crippen LogP contribution is 2.26. The van der Waals surface area contributed by atoms with Crippen molar-refractivity contribution in [1.82, 2.24) is 4.90 Å². The van der Waals surface area contributed by atoms with E-state index < -0.39 is 0 Å². The van der Waals surface area contributed by atoms with Gasteiger partial charge < -0.3 is 5.11 Å². The van der Waals surface area contributed by atoms with E-state index in [1.807, 2.05) is 0 Å². The summed E-state index contributed by atoms with van der Waals surface area (Å²) in [6.07, 6.45) is 3.18. The summed E-state index contributed by atoms with van der Waals surface area (Å²) in [5.74, 6) is 0.956. The lowest BCUT2D eigenvalue weighted by molar-refractivity contribution is -0.117. The molecule has 1 aliphatic carbocycles. The number of β-amino-alcohol motifs (C(OH)–C–C–N with tert-alkyl or cyclic N) is 1. The largest absolute Gasteiger partial charge is 0.392 e. The van der Waals surface area contributed by atoms with Crippen LogP contribution in [0, 0.1) is 5.92 Å². The van der Waals surface area contributed by atoms with Crippen molar-refractivity contribution < 1.29 is 9.90 Å². The number of carbonyl (C=O) groups excluding carboxylic acids is 1. The predicted molar refractivity (Wildman–Crippen MR) is 54.0 cm³/mol. The van der Waals surface area contributed by atoms with Crippen molar-refractivity contribution in [3.05, 3.63) is 0 Å². The van der Waals surface area contributed by atoms with Crippen molar-refractivity contribution in [2.75, 3.05) is 13.1 Å². The van der Waals surface area contributed by atoms with Gasteiger partial charge in [0.2, 0.25) is 0 Å². The number of ketones is 1. The molecule has 2 rings (SSSR count). The highest BCUT2D eigenvalue weighted by atomic mass is 16.3. The molecule has 0 amide bonds. The molecule has 0 radical (unpaired) electrons. The summed E-state index contributed by atoms with van der Waals surface area (Å²) in [4.78, 5) is 13.5. The number of nitrogens with zero attached hydrogens (tertiary/aromatic N) is 1. The third-order valence-corrected chi connectivity index (χ3v) is 3.40. The van der Waals surface area contributed by atoms with E-state index in [2.05, 4.69) is 11.8 Å². The van der Waals surface area contributed by atoms with Gasteiger partial charge in [-0.25, -0.2) is 0 Å². The van der Waals surface area contributed by atoms with Gasteiger partial charge in [0.25, 0.3) is 0 Å². The van der Waals surface area contributed by atoms with Gasteiger partial charge in [-0.1, -0.05) is 6.92 Å². The summed E-state index contributed by atoms with van der Waals surface area (Å²) in [6, 6.07) is 0.417. The molecule has 1 N–H and O–H groups in total. The average molecular weight is 197 g/mol. The fraction of sp³-hybridized carbons (Fsp3) is 0.909. The molecule has 0 aromatic rings. The number of piperidine rings is 1. The van der Waals surface area contributed by atoms with Crippen molar-refractivity contribution in [2.45, 2.75) is 44.8 Å². The SMILES string of the molecule is C[C@@H]1C[C@H](O)CN(C2CCC(=O)C2)C1. The lowest BCUT2D eigenvalue weighted by atomic mass is 9.96. The first kappa shape index (κ1) is 10.1. The first-order valence-electron chi connectivity index (χ1n) is 5.59. The molecular weight excluding hydrogens is 178 g/mol. The molecule has 2 aliphatic rings. The van der Waals surface area contributed by atoms with Gasteiger partial charge in [0.15, 0.2) is 0 Å². The minimum Gasteiger partial charge on any atom is -0.392 e. The van der Waals surface area contributed by atoms with Crippen LogP contribution in [-0.4, -0.2) is 41.0 Å². The molecular formula is C11H19NO2. The molecule has 3 nitrogen and oxygen atoms in total. The molecule has 0 bridgehead atoms. The fourth-order valence-electron chi connectivity index (χ4n) is 2.76. The molecule has 2 fully saturated rings. The standard InChI is InChI=1S/C11H19NO2/c1-8-4-11(14)7-12(6-8)9-2-3-10(13)5-9/h8-9,11,14H,2-7H2,1H3/t8-,9?,11+/m1/s1. The maximum atomic E-state index is 11.2. The van der Waals surface area contributed by atoms with Crippen LogP contribution < -0.4 is 0 Å². The van der Waals surface area contributed by atoms with Gasteiger partial charge in [0.05, 0.1) is 6.10 Å². The van der Waals surface area contributed by atoms with Crippen LogP contribution in [0.3, 0.4) is 0 Å². The van der Waals surface area contributed by atoms with Crippen molar-refractivity contribution in [2.24, 2.45) is 5.92 Å². The molecule has 0 aromatic heterocycles. The Labute approximate surface area is 85.1 Å². The molecule has 1 saturated carbocycles. The van der Waals surface area contributed by atoms with Crippen LogP contribution in [0.2, 0.25) is 0 Å². The van der Waals surface area contributed by atoms with E-state index in [9.17, 15) is 9.90 Å². The summed E-state index contributed by atoms with van der Waals surface area (Å²) in [7, 11) is 0. The van der Waals surface area contributed by atoms with E-state index >= 15 is 0 Å². The van der Waals surface area contributed by atoms with Crippen molar-refractivity contribution in [3.8, 4) is 0 Å². The number of carbonyl (C=O) groups is 1. The van der Waals surface area contributed by atoms with Crippen LogP contribution in [0.5, 0.6) is 0 Å². The summed E-state index contributed by atoms with van der Waals surface area (Å²) >= 11 is 0. The van der Waals surface area contributed by atoms with Gasteiger partial charge in [-0.2, -0.15) is 0 Å². The Morgan fingerprint density at radius 1 is 1.43 bits per heavy atom. The second-order valence-electron chi connectivity index (χ2n) is 4.88. The number of aliphatic hydroxyl groups is 1. The first-order chi connectivity index (χ1) is 6.65. The summed E-state index contributed by atoms with van der Waals surface area (Å²) in [5.41, 5.74) is 0. The maximum absolute atomic E-state index is 11.2. The van der Waals surface area contributed by atoms with Crippen LogP contribution in [0.1, 0.15) is 32.6 Å². The van der Waals surface area contributed by atoms with Gasteiger partial charge in [0, 0.05) is 32.0 Å². The molecule has 14 heavy (non-hydrogen) atoms. The summed E-state index contributed by atoms with van der Waals surface area (Å²) in [6.45, 7) is 3.99. The molecule has 1 saturated heterocycles. The molecule has 1 unspecified atom stereocenters. The van der Waals surface area contributed by atoms with Crippen LogP contribution in [0.25, 0.3) is 0 Å². The van der Waals surface area contributed by atoms with Crippen LogP contribution >= 0.6 is 0 Å².